The van der Waals surface area contributed by atoms with Gasteiger partial charge in [-0.25, -0.2) is 4.39 Å². The highest BCUT2D eigenvalue weighted by Crippen LogP contribution is 2.29. The molecule has 4 aromatic rings. The zero-order valence-electron chi connectivity index (χ0n) is 18.0. The molecule has 0 unspecified atom stereocenters. The van der Waals surface area contributed by atoms with Crippen molar-refractivity contribution in [3.8, 4) is 11.1 Å². The number of aromatic nitrogens is 3. The number of carbonyl (C=O) groups excluding carboxylic acids is 1. The number of pyridine rings is 1. The van der Waals surface area contributed by atoms with Crippen LogP contribution in [0.5, 0.6) is 0 Å². The molecule has 0 saturated carbocycles. The third-order valence-corrected chi connectivity index (χ3v) is 5.15. The van der Waals surface area contributed by atoms with Gasteiger partial charge in [-0.15, -0.1) is 0 Å². The molecule has 0 aliphatic carbocycles. The number of carbonyl (C=O) groups is 1. The monoisotopic (exact) mass is 388 g/mol. The topological polar surface area (TPSA) is 51.0 Å². The molecule has 0 atom stereocenters. The molecule has 0 bridgehead atoms. The van der Waals surface area contributed by atoms with Gasteiger partial charge in [-0.1, -0.05) is 12.1 Å². The molecule has 2 aromatic heterocycles. The maximum atomic E-state index is 15.0. The maximum absolute atomic E-state index is 15.0. The van der Waals surface area contributed by atoms with E-state index in [0.717, 1.165) is 26.9 Å². The lowest BCUT2D eigenvalue weighted by Crippen LogP contribution is -2.23. The van der Waals surface area contributed by atoms with Gasteiger partial charge in [0.2, 0.25) is 0 Å². The fourth-order valence-electron chi connectivity index (χ4n) is 3.72. The van der Waals surface area contributed by atoms with Crippen LogP contribution in [0.2, 0.25) is 0 Å². The molecule has 1 aliphatic rings. The van der Waals surface area contributed by atoms with Crippen LogP contribution in [-0.4, -0.2) is 25.6 Å². The Morgan fingerprint density at radius 2 is 2.07 bits per heavy atom. The molecule has 29 heavy (non-hydrogen) atoms. The van der Waals surface area contributed by atoms with Crippen LogP contribution >= 0.6 is 0 Å². The summed E-state index contributed by atoms with van der Waals surface area (Å²) < 4.78 is 33.4. The second-order valence-electron chi connectivity index (χ2n) is 7.24. The van der Waals surface area contributed by atoms with Crippen LogP contribution in [0, 0.1) is 12.7 Å². The summed E-state index contributed by atoms with van der Waals surface area (Å²) in [6, 6.07) is 11.9. The summed E-state index contributed by atoms with van der Waals surface area (Å²) in [6.45, 7) is -0.313. The number of fused-ring (bicyclic) bond motifs is 2. The normalized spacial score (nSPS) is 16.1. The highest BCUT2D eigenvalue weighted by atomic mass is 19.1. The second kappa shape index (κ2) is 6.51. The largest absolute Gasteiger partial charge is 0.328 e. The van der Waals surface area contributed by atoms with E-state index in [0.29, 0.717) is 5.56 Å². The van der Waals surface area contributed by atoms with Crippen molar-refractivity contribution in [3.05, 3.63) is 83.1 Å². The van der Waals surface area contributed by atoms with Crippen LogP contribution in [0.25, 0.3) is 22.0 Å². The van der Waals surface area contributed by atoms with E-state index in [1.165, 1.54) is 12.3 Å². The number of hydrogen-bond acceptors (Lipinski definition) is 3. The minimum atomic E-state index is -2.10. The summed E-state index contributed by atoms with van der Waals surface area (Å²) in [6.07, 6.45) is 3.37. The Labute approximate surface area is 170 Å². The second-order valence-corrected chi connectivity index (χ2v) is 7.24. The Kier molecular flexibility index (Phi) is 3.46. The molecule has 3 heterocycles. The number of hydrogen-bond donors (Lipinski definition) is 0. The van der Waals surface area contributed by atoms with Gasteiger partial charge in [0.25, 0.3) is 5.91 Å². The molecular weight excluding hydrogens is 367 g/mol. The van der Waals surface area contributed by atoms with E-state index in [1.807, 2.05) is 32.3 Å². The van der Waals surface area contributed by atoms with E-state index in [4.69, 9.17) is 2.74 Å². The quantitative estimate of drug-likeness (QED) is 0.528. The average molecular weight is 388 g/mol. The van der Waals surface area contributed by atoms with Crippen molar-refractivity contribution in [1.29, 1.82) is 0 Å². The minimum Gasteiger partial charge on any atom is -0.328 e. The highest BCUT2D eigenvalue weighted by molar-refractivity contribution is 5.97. The first-order valence-corrected chi connectivity index (χ1v) is 9.26. The lowest BCUT2D eigenvalue weighted by atomic mass is 9.99. The molecule has 0 saturated heterocycles. The summed E-state index contributed by atoms with van der Waals surface area (Å²) in [5.74, 6) is -0.983. The standard InChI is InChI=1S/C23H19FN4O/c1-14-8-17(9-18-11-27(2)26-22(14)18)15-5-6-16(20(24)10-15)12-28-13-21-19(23(28)29)4-3-7-25-21/h3-11H,12-13H2,1-2H3/i13D2. The fourth-order valence-corrected chi connectivity index (χ4v) is 3.72. The summed E-state index contributed by atoms with van der Waals surface area (Å²) in [5, 5.41) is 5.41. The zero-order valence-corrected chi connectivity index (χ0v) is 16.0. The van der Waals surface area contributed by atoms with Gasteiger partial charge >= 0.3 is 0 Å². The lowest BCUT2D eigenvalue weighted by molar-refractivity contribution is 0.0765. The van der Waals surface area contributed by atoms with Crippen molar-refractivity contribution >= 4 is 16.8 Å². The number of aryl methyl sites for hydroxylation is 2. The Morgan fingerprint density at radius 1 is 1.21 bits per heavy atom. The third kappa shape index (κ3) is 2.97. The Balaban J connectivity index is 1.48. The summed E-state index contributed by atoms with van der Waals surface area (Å²) in [4.78, 5) is 17.7. The number of halogens is 1. The van der Waals surface area contributed by atoms with Crippen molar-refractivity contribution in [2.75, 3.05) is 0 Å². The predicted octanol–water partition coefficient (Wildman–Crippen LogP) is 4.24. The zero-order chi connectivity index (χ0) is 21.9. The van der Waals surface area contributed by atoms with Crippen LogP contribution in [0.15, 0.2) is 54.9 Å². The van der Waals surface area contributed by atoms with Crippen LogP contribution in [0.4, 0.5) is 4.39 Å². The van der Waals surface area contributed by atoms with E-state index in [9.17, 15) is 4.79 Å². The maximum Gasteiger partial charge on any atom is 0.256 e. The Hall–Kier alpha value is -3.54. The summed E-state index contributed by atoms with van der Waals surface area (Å²) >= 11 is 0. The van der Waals surface area contributed by atoms with Gasteiger partial charge in [0.1, 0.15) is 5.82 Å². The van der Waals surface area contributed by atoms with Crippen molar-refractivity contribution in [1.82, 2.24) is 19.7 Å². The Morgan fingerprint density at radius 3 is 2.86 bits per heavy atom. The van der Waals surface area contributed by atoms with Gasteiger partial charge in [0, 0.05) is 36.9 Å². The molecule has 0 N–H and O–H groups in total. The summed E-state index contributed by atoms with van der Waals surface area (Å²) in [5.41, 5.74) is 4.00. The van der Waals surface area contributed by atoms with Gasteiger partial charge in [-0.05, 0) is 53.9 Å². The van der Waals surface area contributed by atoms with Gasteiger partial charge in [-0.3, -0.25) is 14.5 Å². The SMILES string of the molecule is [2H]C1([2H])c2ncccc2C(=O)N1Cc1ccc(-c2cc(C)c3nn(C)cc3c2)cc1F. The molecule has 2 aromatic carbocycles. The molecular formula is C23H19FN4O. The number of benzene rings is 2. The van der Waals surface area contributed by atoms with E-state index in [1.54, 1.807) is 28.9 Å². The fraction of sp³-hybridized carbons (Fsp3) is 0.174. The molecule has 6 heteroatoms. The van der Waals surface area contributed by atoms with Crippen molar-refractivity contribution in [3.63, 3.8) is 0 Å². The van der Waals surface area contributed by atoms with Crippen LogP contribution in [0.1, 0.15) is 29.9 Å². The van der Waals surface area contributed by atoms with Crippen molar-refractivity contribution in [2.45, 2.75) is 20.0 Å². The van der Waals surface area contributed by atoms with E-state index in [-0.39, 0.29) is 23.4 Å². The van der Waals surface area contributed by atoms with Gasteiger partial charge in [-0.2, -0.15) is 5.10 Å². The van der Waals surface area contributed by atoms with E-state index < -0.39 is 18.2 Å². The van der Waals surface area contributed by atoms with E-state index in [2.05, 4.69) is 10.1 Å². The molecule has 5 nitrogen and oxygen atoms in total. The average Bonchev–Trinajstić information content (AvgIpc) is 3.20. The van der Waals surface area contributed by atoms with Gasteiger partial charge < -0.3 is 4.90 Å². The molecule has 0 radical (unpaired) electrons. The number of rotatable bonds is 3. The molecule has 5 rings (SSSR count). The molecule has 144 valence electrons. The van der Waals surface area contributed by atoms with Crippen LogP contribution < -0.4 is 0 Å². The first-order valence-electron chi connectivity index (χ1n) is 10.3. The first-order chi connectivity index (χ1) is 14.8. The van der Waals surface area contributed by atoms with Crippen molar-refractivity contribution < 1.29 is 11.9 Å². The lowest BCUT2D eigenvalue weighted by Gasteiger charge is -2.16. The van der Waals surface area contributed by atoms with E-state index >= 15 is 4.39 Å². The molecule has 0 fully saturated rings. The highest BCUT2D eigenvalue weighted by Gasteiger charge is 2.28. The third-order valence-electron chi connectivity index (χ3n) is 5.15. The van der Waals surface area contributed by atoms with Crippen molar-refractivity contribution in [2.24, 2.45) is 7.05 Å². The molecule has 1 aliphatic heterocycles. The van der Waals surface area contributed by atoms with Crippen LogP contribution in [-0.2, 0) is 20.1 Å². The molecule has 1 amide bonds. The minimum absolute atomic E-state index is 0.0669. The number of amides is 1. The Bertz CT molecular complexity index is 1370. The molecule has 0 spiro atoms. The van der Waals surface area contributed by atoms with Gasteiger partial charge in [0.05, 0.1) is 26.0 Å². The summed E-state index contributed by atoms with van der Waals surface area (Å²) in [7, 11) is 1.86. The number of nitrogens with zero attached hydrogens (tertiary/aromatic N) is 4. The smallest absolute Gasteiger partial charge is 0.256 e. The van der Waals surface area contributed by atoms with Crippen LogP contribution in [0.3, 0.4) is 0 Å². The predicted molar refractivity (Wildman–Crippen MR) is 109 cm³/mol. The van der Waals surface area contributed by atoms with Gasteiger partial charge in [0.15, 0.2) is 0 Å². The first kappa shape index (κ1) is 15.4.